The maximum absolute atomic E-state index is 12.4. The van der Waals surface area contributed by atoms with Crippen molar-refractivity contribution in [1.82, 2.24) is 10.0 Å². The standard InChI is InChI=1S/C16H26N2O4S/c1-5-6-7-16(19)17-8-9-18-23(20,21)15-11-13(3)12(2)10-14(15)22-4/h10-11,18H,5-9H2,1-4H3,(H,17,19). The summed E-state index contributed by atoms with van der Waals surface area (Å²) in [7, 11) is -2.24. The van der Waals surface area contributed by atoms with Crippen molar-refractivity contribution in [1.29, 1.82) is 0 Å². The Labute approximate surface area is 138 Å². The molecule has 0 radical (unpaired) electrons. The molecule has 0 fully saturated rings. The molecule has 1 amide bonds. The maximum atomic E-state index is 12.4. The second kappa shape index (κ2) is 8.88. The average molecular weight is 342 g/mol. The molecule has 2 N–H and O–H groups in total. The highest BCUT2D eigenvalue weighted by Crippen LogP contribution is 2.26. The molecule has 0 heterocycles. The van der Waals surface area contributed by atoms with E-state index in [1.807, 2.05) is 20.8 Å². The normalized spacial score (nSPS) is 11.3. The van der Waals surface area contributed by atoms with Gasteiger partial charge < -0.3 is 10.1 Å². The van der Waals surface area contributed by atoms with Crippen molar-refractivity contribution in [2.45, 2.75) is 44.9 Å². The van der Waals surface area contributed by atoms with E-state index in [1.165, 1.54) is 7.11 Å². The number of carbonyl (C=O) groups excluding carboxylic acids is 1. The van der Waals surface area contributed by atoms with E-state index < -0.39 is 10.0 Å². The Morgan fingerprint density at radius 1 is 1.17 bits per heavy atom. The molecule has 0 saturated carbocycles. The Bertz CT molecular complexity index is 642. The van der Waals surface area contributed by atoms with Crippen LogP contribution in [0.4, 0.5) is 0 Å². The Hall–Kier alpha value is -1.60. The molecule has 7 heteroatoms. The minimum Gasteiger partial charge on any atom is -0.495 e. The summed E-state index contributed by atoms with van der Waals surface area (Å²) in [5.41, 5.74) is 1.84. The molecule has 1 rings (SSSR count). The first kappa shape index (κ1) is 19.4. The molecule has 0 aliphatic carbocycles. The van der Waals surface area contributed by atoms with Gasteiger partial charge in [0.2, 0.25) is 15.9 Å². The topological polar surface area (TPSA) is 84.5 Å². The summed E-state index contributed by atoms with van der Waals surface area (Å²) in [6.07, 6.45) is 2.25. The lowest BCUT2D eigenvalue weighted by atomic mass is 10.1. The number of carbonyl (C=O) groups is 1. The summed E-state index contributed by atoms with van der Waals surface area (Å²) in [6.45, 7) is 6.15. The smallest absolute Gasteiger partial charge is 0.244 e. The Morgan fingerprint density at radius 2 is 1.83 bits per heavy atom. The quantitative estimate of drug-likeness (QED) is 0.671. The highest BCUT2D eigenvalue weighted by atomic mass is 32.2. The molecule has 0 aromatic heterocycles. The number of amides is 1. The van der Waals surface area contributed by atoms with E-state index in [1.54, 1.807) is 12.1 Å². The average Bonchev–Trinajstić information content (AvgIpc) is 2.51. The zero-order chi connectivity index (χ0) is 17.5. The number of hydrogen-bond acceptors (Lipinski definition) is 4. The van der Waals surface area contributed by atoms with Gasteiger partial charge in [0.05, 0.1) is 7.11 Å². The number of nitrogens with one attached hydrogen (secondary N) is 2. The molecule has 1 aromatic carbocycles. The minimum absolute atomic E-state index is 0.0604. The van der Waals surface area contributed by atoms with Crippen molar-refractivity contribution in [3.8, 4) is 5.75 Å². The van der Waals surface area contributed by atoms with Gasteiger partial charge >= 0.3 is 0 Å². The van der Waals surface area contributed by atoms with Crippen molar-refractivity contribution in [3.05, 3.63) is 23.3 Å². The van der Waals surface area contributed by atoms with Gasteiger partial charge in [-0.05, 0) is 43.5 Å². The second-order valence-corrected chi connectivity index (χ2v) is 7.17. The molecule has 0 bridgehead atoms. The van der Waals surface area contributed by atoms with Crippen LogP contribution in [0.3, 0.4) is 0 Å². The summed E-state index contributed by atoms with van der Waals surface area (Å²) < 4.78 is 32.4. The van der Waals surface area contributed by atoms with E-state index in [0.717, 1.165) is 24.0 Å². The van der Waals surface area contributed by atoms with Crippen LogP contribution in [0.25, 0.3) is 0 Å². The fourth-order valence-corrected chi connectivity index (χ4v) is 3.29. The Morgan fingerprint density at radius 3 is 2.43 bits per heavy atom. The van der Waals surface area contributed by atoms with Crippen molar-refractivity contribution >= 4 is 15.9 Å². The minimum atomic E-state index is -3.68. The maximum Gasteiger partial charge on any atom is 0.244 e. The van der Waals surface area contributed by atoms with Crippen LogP contribution >= 0.6 is 0 Å². The van der Waals surface area contributed by atoms with Crippen LogP contribution in [0.2, 0.25) is 0 Å². The monoisotopic (exact) mass is 342 g/mol. The van der Waals surface area contributed by atoms with Crippen molar-refractivity contribution in [2.24, 2.45) is 0 Å². The van der Waals surface area contributed by atoms with Gasteiger partial charge in [0.1, 0.15) is 10.6 Å². The van der Waals surface area contributed by atoms with E-state index in [-0.39, 0.29) is 23.9 Å². The van der Waals surface area contributed by atoms with E-state index in [0.29, 0.717) is 12.2 Å². The van der Waals surface area contributed by atoms with Crippen LogP contribution in [-0.4, -0.2) is 34.5 Å². The van der Waals surface area contributed by atoms with Gasteiger partial charge in [-0.3, -0.25) is 4.79 Å². The van der Waals surface area contributed by atoms with Gasteiger partial charge in [0.15, 0.2) is 0 Å². The van der Waals surface area contributed by atoms with Gasteiger partial charge in [-0.1, -0.05) is 13.3 Å². The van der Waals surface area contributed by atoms with Gasteiger partial charge in [0, 0.05) is 19.5 Å². The largest absolute Gasteiger partial charge is 0.495 e. The van der Waals surface area contributed by atoms with Crippen molar-refractivity contribution < 1.29 is 17.9 Å². The number of sulfonamides is 1. The SMILES string of the molecule is CCCCC(=O)NCCNS(=O)(=O)c1cc(C)c(C)cc1OC. The van der Waals surface area contributed by atoms with E-state index in [9.17, 15) is 13.2 Å². The molecular weight excluding hydrogens is 316 g/mol. The zero-order valence-corrected chi connectivity index (χ0v) is 15.0. The van der Waals surface area contributed by atoms with Crippen molar-refractivity contribution in [3.63, 3.8) is 0 Å². The number of benzene rings is 1. The van der Waals surface area contributed by atoms with Crippen LogP contribution in [0.5, 0.6) is 5.75 Å². The third-order valence-electron chi connectivity index (χ3n) is 3.57. The summed E-state index contributed by atoms with van der Waals surface area (Å²) >= 11 is 0. The second-order valence-electron chi connectivity index (χ2n) is 5.44. The number of rotatable bonds is 9. The fraction of sp³-hybridized carbons (Fsp3) is 0.562. The molecule has 0 atom stereocenters. The molecule has 0 aliphatic rings. The van der Waals surface area contributed by atoms with Crippen LogP contribution in [0.15, 0.2) is 17.0 Å². The summed E-state index contributed by atoms with van der Waals surface area (Å²) in [5.74, 6) is 0.252. The third kappa shape index (κ3) is 5.84. The molecule has 6 nitrogen and oxygen atoms in total. The molecule has 1 aromatic rings. The lowest BCUT2D eigenvalue weighted by Crippen LogP contribution is -2.34. The number of unbranched alkanes of at least 4 members (excludes halogenated alkanes) is 1. The molecule has 0 saturated heterocycles. The summed E-state index contributed by atoms with van der Waals surface area (Å²) in [4.78, 5) is 11.6. The number of aryl methyl sites for hydroxylation is 2. The third-order valence-corrected chi connectivity index (χ3v) is 5.05. The van der Waals surface area contributed by atoms with Crippen molar-refractivity contribution in [2.75, 3.05) is 20.2 Å². The van der Waals surface area contributed by atoms with E-state index in [2.05, 4.69) is 10.0 Å². The molecule has 0 unspecified atom stereocenters. The lowest BCUT2D eigenvalue weighted by molar-refractivity contribution is -0.121. The molecule has 0 spiro atoms. The van der Waals surface area contributed by atoms with Crippen LogP contribution in [0, 0.1) is 13.8 Å². The van der Waals surface area contributed by atoms with Crippen LogP contribution < -0.4 is 14.8 Å². The van der Waals surface area contributed by atoms with Gasteiger partial charge in [-0.2, -0.15) is 0 Å². The molecule has 130 valence electrons. The summed E-state index contributed by atoms with van der Waals surface area (Å²) in [6, 6.07) is 3.30. The van der Waals surface area contributed by atoms with E-state index in [4.69, 9.17) is 4.74 Å². The van der Waals surface area contributed by atoms with Gasteiger partial charge in [0.25, 0.3) is 0 Å². The first-order valence-corrected chi connectivity index (χ1v) is 9.21. The molecule has 23 heavy (non-hydrogen) atoms. The number of ether oxygens (including phenoxy) is 1. The molecule has 0 aliphatic heterocycles. The van der Waals surface area contributed by atoms with E-state index >= 15 is 0 Å². The van der Waals surface area contributed by atoms with Gasteiger partial charge in [-0.15, -0.1) is 0 Å². The summed E-state index contributed by atoms with van der Waals surface area (Å²) in [5, 5.41) is 2.69. The highest BCUT2D eigenvalue weighted by molar-refractivity contribution is 7.89. The zero-order valence-electron chi connectivity index (χ0n) is 14.2. The van der Waals surface area contributed by atoms with Crippen LogP contribution in [0.1, 0.15) is 37.3 Å². The predicted octanol–water partition coefficient (Wildman–Crippen LogP) is 1.90. The lowest BCUT2D eigenvalue weighted by Gasteiger charge is -2.13. The fourth-order valence-electron chi connectivity index (χ4n) is 2.02. The Balaban J connectivity index is 2.66. The first-order chi connectivity index (χ1) is 10.8. The number of hydrogen-bond donors (Lipinski definition) is 2. The predicted molar refractivity (Wildman–Crippen MR) is 90.2 cm³/mol. The van der Waals surface area contributed by atoms with Crippen LogP contribution in [-0.2, 0) is 14.8 Å². The van der Waals surface area contributed by atoms with Gasteiger partial charge in [-0.25, -0.2) is 13.1 Å². The first-order valence-electron chi connectivity index (χ1n) is 7.73. The molecular formula is C16H26N2O4S. The Kier molecular flexibility index (Phi) is 7.51. The number of methoxy groups -OCH3 is 1. The highest BCUT2D eigenvalue weighted by Gasteiger charge is 2.20.